The van der Waals surface area contributed by atoms with Crippen LogP contribution in [0.1, 0.15) is 38.4 Å². The number of nitrogens with one attached hydrogen (secondary N) is 1. The Balaban J connectivity index is 1.51. The zero-order valence-corrected chi connectivity index (χ0v) is 17.9. The van der Waals surface area contributed by atoms with E-state index in [1.54, 1.807) is 23.7 Å². The lowest BCUT2D eigenvalue weighted by Crippen LogP contribution is -2.30. The van der Waals surface area contributed by atoms with E-state index in [1.807, 2.05) is 38.1 Å². The molecule has 3 aromatic rings. The molecule has 1 N–H and O–H groups in total. The number of carbonyl (C=O) groups excluding carboxylic acids is 2. The first-order chi connectivity index (χ1) is 14.8. The van der Waals surface area contributed by atoms with Crippen LogP contribution in [0, 0.1) is 26.6 Å². The Morgan fingerprint density at radius 3 is 2.32 bits per heavy atom. The van der Waals surface area contributed by atoms with Gasteiger partial charge in [-0.3, -0.25) is 9.48 Å². The molecule has 0 aliphatic rings. The monoisotopic (exact) mass is 423 g/mol. The van der Waals surface area contributed by atoms with Gasteiger partial charge in [0, 0.05) is 6.54 Å². The molecule has 0 aliphatic carbocycles. The Kier molecular flexibility index (Phi) is 7.18. The van der Waals surface area contributed by atoms with Crippen LogP contribution in [0.2, 0.25) is 0 Å². The van der Waals surface area contributed by atoms with E-state index in [1.165, 1.54) is 17.7 Å². The van der Waals surface area contributed by atoms with Crippen molar-refractivity contribution in [2.24, 2.45) is 0 Å². The Hall–Kier alpha value is -3.48. The summed E-state index contributed by atoms with van der Waals surface area (Å²) in [6.45, 7) is 6.13. The fourth-order valence-electron chi connectivity index (χ4n) is 3.26. The smallest absolute Gasteiger partial charge is 0.342 e. The molecule has 0 radical (unpaired) electrons. The molecule has 31 heavy (non-hydrogen) atoms. The molecule has 0 unspecified atom stereocenters. The summed E-state index contributed by atoms with van der Waals surface area (Å²) < 4.78 is 19.9. The van der Waals surface area contributed by atoms with Crippen molar-refractivity contribution in [2.45, 2.75) is 33.7 Å². The molecule has 3 rings (SSSR count). The first-order valence-corrected chi connectivity index (χ1v) is 10.1. The number of aryl methyl sites for hydroxylation is 2. The second kappa shape index (κ2) is 10.0. The van der Waals surface area contributed by atoms with Crippen LogP contribution >= 0.6 is 0 Å². The highest BCUT2D eigenvalue weighted by atomic mass is 19.1. The number of amides is 1. The third kappa shape index (κ3) is 6.01. The number of hydrogen-bond donors (Lipinski definition) is 1. The van der Waals surface area contributed by atoms with Gasteiger partial charge in [-0.05, 0) is 50.5 Å². The molecule has 0 atom stereocenters. The summed E-state index contributed by atoms with van der Waals surface area (Å²) in [5, 5.41) is 7.15. The highest BCUT2D eigenvalue weighted by Gasteiger charge is 2.21. The van der Waals surface area contributed by atoms with Gasteiger partial charge in [0.25, 0.3) is 5.91 Å². The van der Waals surface area contributed by atoms with Crippen molar-refractivity contribution in [2.75, 3.05) is 13.2 Å². The van der Waals surface area contributed by atoms with Crippen LogP contribution in [0.3, 0.4) is 0 Å². The Morgan fingerprint density at radius 2 is 1.65 bits per heavy atom. The lowest BCUT2D eigenvalue weighted by atomic mass is 10.1. The van der Waals surface area contributed by atoms with Crippen LogP contribution in [0.5, 0.6) is 0 Å². The summed E-state index contributed by atoms with van der Waals surface area (Å²) in [5.74, 6) is -1.26. The highest BCUT2D eigenvalue weighted by Crippen LogP contribution is 2.16. The Morgan fingerprint density at radius 1 is 1.00 bits per heavy atom. The third-order valence-corrected chi connectivity index (χ3v) is 5.02. The maximum absolute atomic E-state index is 12.9. The molecule has 162 valence electrons. The lowest BCUT2D eigenvalue weighted by molar-refractivity contribution is -0.124. The van der Waals surface area contributed by atoms with E-state index >= 15 is 0 Å². The van der Waals surface area contributed by atoms with Gasteiger partial charge in [-0.2, -0.15) is 5.10 Å². The van der Waals surface area contributed by atoms with Gasteiger partial charge in [0.05, 0.1) is 17.9 Å². The van der Waals surface area contributed by atoms with Crippen LogP contribution in [-0.2, 0) is 22.5 Å². The van der Waals surface area contributed by atoms with Gasteiger partial charge in [0.15, 0.2) is 6.61 Å². The van der Waals surface area contributed by atoms with Crippen molar-refractivity contribution in [3.63, 3.8) is 0 Å². The highest BCUT2D eigenvalue weighted by molar-refractivity contribution is 5.93. The largest absolute Gasteiger partial charge is 0.452 e. The van der Waals surface area contributed by atoms with Crippen molar-refractivity contribution in [3.05, 3.63) is 88.0 Å². The fraction of sp³-hybridized carbons (Fsp3) is 0.292. The van der Waals surface area contributed by atoms with Gasteiger partial charge in [-0.1, -0.05) is 42.0 Å². The average Bonchev–Trinajstić information content (AvgIpc) is 3.02. The van der Waals surface area contributed by atoms with E-state index in [-0.39, 0.29) is 12.4 Å². The van der Waals surface area contributed by atoms with Gasteiger partial charge in [0.1, 0.15) is 11.4 Å². The van der Waals surface area contributed by atoms with Crippen molar-refractivity contribution in [3.8, 4) is 0 Å². The normalized spacial score (nSPS) is 10.7. The zero-order chi connectivity index (χ0) is 22.4. The fourth-order valence-corrected chi connectivity index (χ4v) is 3.26. The summed E-state index contributed by atoms with van der Waals surface area (Å²) in [6, 6.07) is 14.2. The molecule has 2 aromatic carbocycles. The van der Waals surface area contributed by atoms with E-state index in [4.69, 9.17) is 4.74 Å². The number of benzene rings is 2. The summed E-state index contributed by atoms with van der Waals surface area (Å²) in [5.41, 5.74) is 4.80. The molecule has 1 amide bonds. The van der Waals surface area contributed by atoms with Crippen LogP contribution in [-0.4, -0.2) is 34.8 Å². The van der Waals surface area contributed by atoms with Crippen LogP contribution in [0.25, 0.3) is 0 Å². The van der Waals surface area contributed by atoms with Crippen molar-refractivity contribution < 1.29 is 18.7 Å². The molecule has 0 spiro atoms. The SMILES string of the molecule is Cc1ccc(Cn2nc(C)c(C(=O)OCC(=O)NCCc3ccc(F)cc3)c2C)cc1. The van der Waals surface area contributed by atoms with Gasteiger partial charge < -0.3 is 10.1 Å². The number of esters is 1. The molecule has 6 nitrogen and oxygen atoms in total. The maximum atomic E-state index is 12.9. The number of ether oxygens (including phenoxy) is 1. The van der Waals surface area contributed by atoms with E-state index in [0.717, 1.165) is 11.1 Å². The van der Waals surface area contributed by atoms with Gasteiger partial charge in [-0.15, -0.1) is 0 Å². The van der Waals surface area contributed by atoms with Crippen molar-refractivity contribution in [1.29, 1.82) is 0 Å². The third-order valence-electron chi connectivity index (χ3n) is 5.02. The molecule has 0 saturated carbocycles. The van der Waals surface area contributed by atoms with Crippen LogP contribution < -0.4 is 5.32 Å². The summed E-state index contributed by atoms with van der Waals surface area (Å²) in [4.78, 5) is 24.5. The van der Waals surface area contributed by atoms with E-state index in [0.29, 0.717) is 36.5 Å². The van der Waals surface area contributed by atoms with Gasteiger partial charge >= 0.3 is 5.97 Å². The molecule has 0 bridgehead atoms. The number of aromatic nitrogens is 2. The molecule has 0 fully saturated rings. The number of hydrogen-bond acceptors (Lipinski definition) is 4. The second-order valence-corrected chi connectivity index (χ2v) is 7.49. The predicted molar refractivity (Wildman–Crippen MR) is 115 cm³/mol. The molecule has 1 heterocycles. The van der Waals surface area contributed by atoms with Crippen molar-refractivity contribution >= 4 is 11.9 Å². The zero-order valence-electron chi connectivity index (χ0n) is 17.9. The molecular formula is C24H26FN3O3. The Bertz CT molecular complexity index is 1060. The van der Waals surface area contributed by atoms with Gasteiger partial charge in [0.2, 0.25) is 0 Å². The quantitative estimate of drug-likeness (QED) is 0.563. The average molecular weight is 423 g/mol. The molecule has 1 aromatic heterocycles. The molecule has 0 saturated heterocycles. The predicted octanol–water partition coefficient (Wildman–Crippen LogP) is 3.51. The summed E-state index contributed by atoms with van der Waals surface area (Å²) in [6.07, 6.45) is 0.559. The summed E-state index contributed by atoms with van der Waals surface area (Å²) >= 11 is 0. The minimum atomic E-state index is -0.571. The minimum Gasteiger partial charge on any atom is -0.452 e. The topological polar surface area (TPSA) is 73.2 Å². The summed E-state index contributed by atoms with van der Waals surface area (Å²) in [7, 11) is 0. The van der Waals surface area contributed by atoms with E-state index < -0.39 is 11.9 Å². The van der Waals surface area contributed by atoms with Crippen LogP contribution in [0.4, 0.5) is 4.39 Å². The lowest BCUT2D eigenvalue weighted by Gasteiger charge is -2.08. The van der Waals surface area contributed by atoms with Crippen molar-refractivity contribution in [1.82, 2.24) is 15.1 Å². The number of carbonyl (C=O) groups is 2. The molecule has 7 heteroatoms. The minimum absolute atomic E-state index is 0.299. The van der Waals surface area contributed by atoms with Crippen LogP contribution in [0.15, 0.2) is 48.5 Å². The standard InChI is InChI=1S/C24H26FN3O3/c1-16-4-6-20(7-5-16)14-28-18(3)23(17(2)27-28)24(30)31-15-22(29)26-13-12-19-8-10-21(25)11-9-19/h4-11H,12-15H2,1-3H3,(H,26,29). The van der Waals surface area contributed by atoms with E-state index in [2.05, 4.69) is 10.4 Å². The Labute approximate surface area is 181 Å². The van der Waals surface area contributed by atoms with Gasteiger partial charge in [-0.25, -0.2) is 9.18 Å². The number of halogens is 1. The second-order valence-electron chi connectivity index (χ2n) is 7.49. The molecule has 0 aliphatic heterocycles. The maximum Gasteiger partial charge on any atom is 0.342 e. The first kappa shape index (κ1) is 22.2. The van der Waals surface area contributed by atoms with E-state index in [9.17, 15) is 14.0 Å². The number of nitrogens with zero attached hydrogens (tertiary/aromatic N) is 2. The first-order valence-electron chi connectivity index (χ1n) is 10.1. The number of rotatable bonds is 8. The molecular weight excluding hydrogens is 397 g/mol.